The molecule has 0 atom stereocenters. The van der Waals surface area contributed by atoms with Crippen LogP contribution in [0.3, 0.4) is 0 Å². The molecule has 6 heteroatoms. The number of anilines is 4. The van der Waals surface area contributed by atoms with Crippen molar-refractivity contribution in [1.29, 1.82) is 0 Å². The molecule has 0 fully saturated rings. The average Bonchev–Trinajstić information content (AvgIpc) is 2.59. The quantitative estimate of drug-likeness (QED) is 0.689. The molecule has 0 unspecified atom stereocenters. The van der Waals surface area contributed by atoms with Crippen LogP contribution in [0.1, 0.15) is 5.56 Å². The van der Waals surface area contributed by atoms with Crippen LogP contribution < -0.4 is 15.4 Å². The second-order valence-corrected chi connectivity index (χ2v) is 5.61. The number of para-hydroxylation sites is 1. The molecule has 0 radical (unpaired) electrons. The predicted molar refractivity (Wildman–Crippen MR) is 97.8 cm³/mol. The summed E-state index contributed by atoms with van der Waals surface area (Å²) in [7, 11) is 1.61. The fourth-order valence-electron chi connectivity index (χ4n) is 2.23. The molecule has 122 valence electrons. The lowest BCUT2D eigenvalue weighted by molar-refractivity contribution is 0.416. The second-order valence-electron chi connectivity index (χ2n) is 5.21. The summed E-state index contributed by atoms with van der Waals surface area (Å²) in [5, 5.41) is 7.14. The van der Waals surface area contributed by atoms with Crippen LogP contribution in [0.4, 0.5) is 23.0 Å². The van der Waals surface area contributed by atoms with Crippen molar-refractivity contribution in [2.75, 3.05) is 17.7 Å². The lowest BCUT2D eigenvalue weighted by Gasteiger charge is -2.13. The van der Waals surface area contributed by atoms with E-state index in [1.54, 1.807) is 13.2 Å². The smallest absolute Gasteiger partial charge is 0.143 e. The van der Waals surface area contributed by atoms with Gasteiger partial charge in [-0.1, -0.05) is 29.8 Å². The second kappa shape index (κ2) is 7.19. The third kappa shape index (κ3) is 3.75. The maximum absolute atomic E-state index is 6.14. The zero-order valence-electron chi connectivity index (χ0n) is 13.4. The number of hydrogen-bond donors (Lipinski definition) is 2. The predicted octanol–water partition coefficient (Wildman–Crippen LogP) is 4.93. The number of hydrogen-bond acceptors (Lipinski definition) is 5. The molecule has 0 aliphatic carbocycles. The molecule has 2 N–H and O–H groups in total. The fraction of sp³-hybridized carbons (Fsp3) is 0.111. The summed E-state index contributed by atoms with van der Waals surface area (Å²) in [5.74, 6) is 2.01. The van der Waals surface area contributed by atoms with Crippen LogP contribution in [0.15, 0.2) is 54.9 Å². The molecule has 1 aromatic heterocycles. The van der Waals surface area contributed by atoms with E-state index in [4.69, 9.17) is 16.3 Å². The van der Waals surface area contributed by atoms with E-state index < -0.39 is 0 Å². The van der Waals surface area contributed by atoms with Crippen LogP contribution in [-0.2, 0) is 0 Å². The number of nitrogens with one attached hydrogen (secondary N) is 2. The molecule has 0 aliphatic rings. The minimum absolute atomic E-state index is 0.654. The van der Waals surface area contributed by atoms with Gasteiger partial charge in [-0.3, -0.25) is 0 Å². The van der Waals surface area contributed by atoms with Gasteiger partial charge < -0.3 is 15.4 Å². The molecule has 0 bridgehead atoms. The highest BCUT2D eigenvalue weighted by molar-refractivity contribution is 6.31. The maximum Gasteiger partial charge on any atom is 0.143 e. The zero-order valence-corrected chi connectivity index (χ0v) is 14.1. The van der Waals surface area contributed by atoms with Gasteiger partial charge in [0.1, 0.15) is 23.7 Å². The van der Waals surface area contributed by atoms with Gasteiger partial charge >= 0.3 is 0 Å². The standard InChI is InChI=1S/C18H17ClN4O/c1-12-8-15(16(24-2)9-14(12)19)23-18-10-17(20-11-21-18)22-13-6-4-3-5-7-13/h3-11H,1-2H3,(H2,20,21,22,23). The van der Waals surface area contributed by atoms with Crippen LogP contribution in [0.2, 0.25) is 5.02 Å². The molecule has 5 nitrogen and oxygen atoms in total. The minimum Gasteiger partial charge on any atom is -0.495 e. The highest BCUT2D eigenvalue weighted by Gasteiger charge is 2.08. The van der Waals surface area contributed by atoms with Crippen molar-refractivity contribution in [3.63, 3.8) is 0 Å². The molecule has 3 rings (SSSR count). The van der Waals surface area contributed by atoms with Crippen molar-refractivity contribution >= 4 is 34.6 Å². The van der Waals surface area contributed by atoms with Crippen LogP contribution in [0.25, 0.3) is 0 Å². The van der Waals surface area contributed by atoms with E-state index in [1.165, 1.54) is 6.33 Å². The number of ether oxygens (including phenoxy) is 1. The van der Waals surface area contributed by atoms with Crippen molar-refractivity contribution in [3.05, 3.63) is 65.4 Å². The Morgan fingerprint density at radius 2 is 1.67 bits per heavy atom. The molecule has 0 spiro atoms. The van der Waals surface area contributed by atoms with Gasteiger partial charge in [-0.15, -0.1) is 0 Å². The molecule has 0 saturated carbocycles. The molecular formula is C18H17ClN4O. The molecule has 1 heterocycles. The van der Waals surface area contributed by atoms with Gasteiger partial charge in [-0.05, 0) is 30.7 Å². The third-order valence-electron chi connectivity index (χ3n) is 3.46. The Morgan fingerprint density at radius 3 is 2.38 bits per heavy atom. The van der Waals surface area contributed by atoms with Gasteiger partial charge in [0.2, 0.25) is 0 Å². The highest BCUT2D eigenvalue weighted by Crippen LogP contribution is 2.32. The number of halogens is 1. The van der Waals surface area contributed by atoms with Crippen molar-refractivity contribution in [2.45, 2.75) is 6.92 Å². The Kier molecular flexibility index (Phi) is 4.82. The van der Waals surface area contributed by atoms with E-state index in [0.717, 1.165) is 16.9 Å². The van der Waals surface area contributed by atoms with Crippen molar-refractivity contribution in [3.8, 4) is 5.75 Å². The Hall–Kier alpha value is -2.79. The molecular weight excluding hydrogens is 324 g/mol. The summed E-state index contributed by atoms with van der Waals surface area (Å²) in [6.45, 7) is 1.94. The zero-order chi connectivity index (χ0) is 16.9. The average molecular weight is 341 g/mol. The number of rotatable bonds is 5. The molecule has 0 amide bonds. The molecule has 0 aliphatic heterocycles. The van der Waals surface area contributed by atoms with E-state index in [0.29, 0.717) is 22.4 Å². The number of methoxy groups -OCH3 is 1. The number of nitrogens with zero attached hydrogens (tertiary/aromatic N) is 2. The van der Waals surface area contributed by atoms with Gasteiger partial charge in [0.05, 0.1) is 12.8 Å². The summed E-state index contributed by atoms with van der Waals surface area (Å²) < 4.78 is 5.37. The normalized spacial score (nSPS) is 10.3. The first-order valence-corrected chi connectivity index (χ1v) is 7.79. The summed E-state index contributed by atoms with van der Waals surface area (Å²) in [5.41, 5.74) is 2.71. The Morgan fingerprint density at radius 1 is 0.958 bits per heavy atom. The van der Waals surface area contributed by atoms with E-state index in [9.17, 15) is 0 Å². The first kappa shape index (κ1) is 16.1. The van der Waals surface area contributed by atoms with Crippen molar-refractivity contribution < 1.29 is 4.74 Å². The third-order valence-corrected chi connectivity index (χ3v) is 3.86. The Bertz CT molecular complexity index is 840. The number of aryl methyl sites for hydroxylation is 1. The van der Waals surface area contributed by atoms with E-state index >= 15 is 0 Å². The van der Waals surface area contributed by atoms with Crippen molar-refractivity contribution in [1.82, 2.24) is 9.97 Å². The Balaban J connectivity index is 1.84. The summed E-state index contributed by atoms with van der Waals surface area (Å²) in [6, 6.07) is 15.4. The molecule has 3 aromatic rings. The lowest BCUT2D eigenvalue weighted by atomic mass is 10.2. The van der Waals surface area contributed by atoms with Gasteiger partial charge in [0, 0.05) is 22.8 Å². The SMILES string of the molecule is COc1cc(Cl)c(C)cc1Nc1cc(Nc2ccccc2)ncn1. The van der Waals surface area contributed by atoms with Crippen LogP contribution in [0.5, 0.6) is 5.75 Å². The Labute approximate surface area is 145 Å². The maximum atomic E-state index is 6.14. The van der Waals surface area contributed by atoms with Gasteiger partial charge in [-0.2, -0.15) is 0 Å². The molecule has 0 saturated heterocycles. The topological polar surface area (TPSA) is 59.1 Å². The van der Waals surface area contributed by atoms with E-state index in [2.05, 4.69) is 20.6 Å². The monoisotopic (exact) mass is 340 g/mol. The first-order chi connectivity index (χ1) is 11.7. The number of aromatic nitrogens is 2. The lowest BCUT2D eigenvalue weighted by Crippen LogP contribution is -2.00. The fourth-order valence-corrected chi connectivity index (χ4v) is 2.38. The largest absolute Gasteiger partial charge is 0.495 e. The van der Waals surface area contributed by atoms with Gasteiger partial charge in [0.25, 0.3) is 0 Å². The van der Waals surface area contributed by atoms with Crippen molar-refractivity contribution in [2.24, 2.45) is 0 Å². The van der Waals surface area contributed by atoms with Gasteiger partial charge in [0.15, 0.2) is 0 Å². The number of benzene rings is 2. The van der Waals surface area contributed by atoms with Crippen LogP contribution in [-0.4, -0.2) is 17.1 Å². The molecule has 24 heavy (non-hydrogen) atoms. The van der Waals surface area contributed by atoms with Gasteiger partial charge in [-0.25, -0.2) is 9.97 Å². The minimum atomic E-state index is 0.654. The highest BCUT2D eigenvalue weighted by atomic mass is 35.5. The van der Waals surface area contributed by atoms with Crippen LogP contribution in [0, 0.1) is 6.92 Å². The van der Waals surface area contributed by atoms with Crippen LogP contribution >= 0.6 is 11.6 Å². The summed E-state index contributed by atoms with van der Waals surface area (Å²) >= 11 is 6.14. The molecule has 2 aromatic carbocycles. The summed E-state index contributed by atoms with van der Waals surface area (Å²) in [4.78, 5) is 8.49. The van der Waals surface area contributed by atoms with E-state index in [1.807, 2.05) is 49.4 Å². The van der Waals surface area contributed by atoms with E-state index in [-0.39, 0.29) is 0 Å². The first-order valence-electron chi connectivity index (χ1n) is 7.41. The summed E-state index contributed by atoms with van der Waals surface area (Å²) in [6.07, 6.45) is 1.50.